The summed E-state index contributed by atoms with van der Waals surface area (Å²) in [5.41, 5.74) is 2.78. The Labute approximate surface area is 160 Å². The van der Waals surface area contributed by atoms with Gasteiger partial charge in [-0.25, -0.2) is 0 Å². The fourth-order valence-corrected chi connectivity index (χ4v) is 5.09. The van der Waals surface area contributed by atoms with Crippen LogP contribution >= 0.6 is 11.3 Å². The molecule has 1 aromatic heterocycles. The molecule has 1 saturated carbocycles. The predicted octanol–water partition coefficient (Wildman–Crippen LogP) is 4.47. The molecule has 2 unspecified atom stereocenters. The summed E-state index contributed by atoms with van der Waals surface area (Å²) in [7, 11) is 0. The summed E-state index contributed by atoms with van der Waals surface area (Å²) < 4.78 is 0. The number of carbonyl (C=O) groups is 1. The summed E-state index contributed by atoms with van der Waals surface area (Å²) in [4.78, 5) is 14.2. The second kappa shape index (κ2) is 7.16. The van der Waals surface area contributed by atoms with Gasteiger partial charge in [-0.3, -0.25) is 4.79 Å². The molecule has 3 nitrogen and oxygen atoms in total. The van der Waals surface area contributed by atoms with Gasteiger partial charge in [0.05, 0.1) is 6.04 Å². The van der Waals surface area contributed by atoms with Crippen molar-refractivity contribution in [2.75, 3.05) is 13.1 Å². The molecular weight excluding hydrogens is 340 g/mol. The second-order valence-corrected chi connectivity index (χ2v) is 9.13. The highest BCUT2D eigenvalue weighted by molar-refractivity contribution is 7.10. The number of benzene rings is 1. The minimum atomic E-state index is -0.0388. The highest BCUT2D eigenvalue weighted by Gasteiger charge is 2.57. The Kier molecular flexibility index (Phi) is 4.89. The molecule has 4 rings (SSSR count). The molecule has 4 heteroatoms. The highest BCUT2D eigenvalue weighted by atomic mass is 32.1. The molecule has 1 saturated heterocycles. The predicted molar refractivity (Wildman–Crippen MR) is 107 cm³/mol. The van der Waals surface area contributed by atoms with Crippen molar-refractivity contribution in [2.45, 2.75) is 45.1 Å². The van der Waals surface area contributed by atoms with Crippen LogP contribution in [0.15, 0.2) is 41.8 Å². The third-order valence-electron chi connectivity index (χ3n) is 6.16. The molecule has 138 valence electrons. The zero-order valence-electron chi connectivity index (χ0n) is 15.6. The Balaban J connectivity index is 1.52. The fourth-order valence-electron chi connectivity index (χ4n) is 4.29. The molecule has 1 amide bonds. The maximum atomic E-state index is 13.0. The van der Waals surface area contributed by atoms with E-state index in [1.165, 1.54) is 16.0 Å². The Morgan fingerprint density at radius 1 is 1.15 bits per heavy atom. The smallest absolute Gasteiger partial charge is 0.224 e. The largest absolute Gasteiger partial charge is 0.344 e. The summed E-state index contributed by atoms with van der Waals surface area (Å²) >= 11 is 1.71. The van der Waals surface area contributed by atoms with E-state index in [4.69, 9.17) is 0 Å². The summed E-state index contributed by atoms with van der Waals surface area (Å²) in [6, 6.07) is 12.9. The van der Waals surface area contributed by atoms with Gasteiger partial charge in [0.25, 0.3) is 0 Å². The normalized spacial score (nSPS) is 22.3. The molecule has 2 aromatic rings. The lowest BCUT2D eigenvalue weighted by Crippen LogP contribution is -2.35. The van der Waals surface area contributed by atoms with Crippen LogP contribution in [0.2, 0.25) is 0 Å². The molecule has 2 atom stereocenters. The first-order chi connectivity index (χ1) is 12.6. The SMILES string of the molecule is CC(C)c1ccc(C(NC(=O)C2CC23CCNCC3)c2cccs2)cc1. The van der Waals surface area contributed by atoms with Crippen LogP contribution in [0.25, 0.3) is 0 Å². The van der Waals surface area contributed by atoms with Crippen LogP contribution < -0.4 is 10.6 Å². The van der Waals surface area contributed by atoms with Crippen LogP contribution in [0, 0.1) is 11.3 Å². The van der Waals surface area contributed by atoms with Crippen molar-refractivity contribution in [3.05, 3.63) is 57.8 Å². The fraction of sp³-hybridized carbons (Fsp3) is 0.500. The van der Waals surface area contributed by atoms with Gasteiger partial charge in [-0.05, 0) is 66.3 Å². The highest BCUT2D eigenvalue weighted by Crippen LogP contribution is 2.58. The van der Waals surface area contributed by atoms with Crippen LogP contribution in [-0.4, -0.2) is 19.0 Å². The van der Waals surface area contributed by atoms with E-state index in [0.29, 0.717) is 5.92 Å². The van der Waals surface area contributed by atoms with Crippen molar-refractivity contribution in [3.63, 3.8) is 0 Å². The van der Waals surface area contributed by atoms with E-state index in [0.717, 1.165) is 32.4 Å². The van der Waals surface area contributed by atoms with Gasteiger partial charge in [-0.1, -0.05) is 44.2 Å². The monoisotopic (exact) mass is 368 g/mol. The topological polar surface area (TPSA) is 41.1 Å². The van der Waals surface area contributed by atoms with Crippen molar-refractivity contribution in [1.82, 2.24) is 10.6 Å². The molecule has 2 heterocycles. The first-order valence-corrected chi connectivity index (χ1v) is 10.6. The number of rotatable bonds is 5. The summed E-state index contributed by atoms with van der Waals surface area (Å²) in [5.74, 6) is 0.949. The average molecular weight is 369 g/mol. The van der Waals surface area contributed by atoms with E-state index < -0.39 is 0 Å². The number of thiophene rings is 1. The lowest BCUT2D eigenvalue weighted by atomic mass is 9.91. The zero-order chi connectivity index (χ0) is 18.1. The molecule has 26 heavy (non-hydrogen) atoms. The molecule has 1 aliphatic carbocycles. The Morgan fingerprint density at radius 3 is 2.46 bits per heavy atom. The summed E-state index contributed by atoms with van der Waals surface area (Å²) in [6.45, 7) is 6.52. The van der Waals surface area contributed by atoms with Gasteiger partial charge in [0.2, 0.25) is 5.91 Å². The van der Waals surface area contributed by atoms with Crippen LogP contribution in [0.4, 0.5) is 0 Å². The van der Waals surface area contributed by atoms with E-state index in [1.807, 2.05) is 0 Å². The first-order valence-electron chi connectivity index (χ1n) is 9.73. The zero-order valence-corrected chi connectivity index (χ0v) is 16.4. The lowest BCUT2D eigenvalue weighted by Gasteiger charge is -2.24. The number of amides is 1. The van der Waals surface area contributed by atoms with Crippen molar-refractivity contribution in [1.29, 1.82) is 0 Å². The van der Waals surface area contributed by atoms with Gasteiger partial charge in [0.15, 0.2) is 0 Å². The van der Waals surface area contributed by atoms with E-state index >= 15 is 0 Å². The van der Waals surface area contributed by atoms with Crippen LogP contribution in [-0.2, 0) is 4.79 Å². The van der Waals surface area contributed by atoms with Crippen molar-refractivity contribution >= 4 is 17.2 Å². The summed E-state index contributed by atoms with van der Waals surface area (Å²) in [5, 5.41) is 8.87. The lowest BCUT2D eigenvalue weighted by molar-refractivity contribution is -0.123. The molecule has 0 bridgehead atoms. The molecule has 1 aromatic carbocycles. The molecule has 2 aliphatic rings. The van der Waals surface area contributed by atoms with Crippen LogP contribution in [0.3, 0.4) is 0 Å². The molecule has 1 aliphatic heterocycles. The average Bonchev–Trinajstić information content (AvgIpc) is 3.08. The molecular formula is C22H28N2OS. The minimum Gasteiger partial charge on any atom is -0.344 e. The third-order valence-corrected chi connectivity index (χ3v) is 7.09. The van der Waals surface area contributed by atoms with E-state index in [1.54, 1.807) is 11.3 Å². The molecule has 1 spiro atoms. The van der Waals surface area contributed by atoms with Gasteiger partial charge in [-0.15, -0.1) is 11.3 Å². The number of hydrogen-bond acceptors (Lipinski definition) is 3. The Bertz CT molecular complexity index is 745. The van der Waals surface area contributed by atoms with Gasteiger partial charge >= 0.3 is 0 Å². The van der Waals surface area contributed by atoms with Crippen molar-refractivity contribution < 1.29 is 4.79 Å². The van der Waals surface area contributed by atoms with Gasteiger partial charge in [-0.2, -0.15) is 0 Å². The van der Waals surface area contributed by atoms with Crippen LogP contribution in [0.5, 0.6) is 0 Å². The number of piperidine rings is 1. The van der Waals surface area contributed by atoms with E-state index in [-0.39, 0.29) is 23.3 Å². The number of hydrogen-bond donors (Lipinski definition) is 2. The van der Waals surface area contributed by atoms with E-state index in [9.17, 15) is 4.79 Å². The van der Waals surface area contributed by atoms with Crippen molar-refractivity contribution in [2.24, 2.45) is 11.3 Å². The number of nitrogens with one attached hydrogen (secondary N) is 2. The Hall–Kier alpha value is -1.65. The molecule has 0 radical (unpaired) electrons. The van der Waals surface area contributed by atoms with Gasteiger partial charge in [0.1, 0.15) is 0 Å². The second-order valence-electron chi connectivity index (χ2n) is 8.15. The molecule has 2 N–H and O–H groups in total. The quantitative estimate of drug-likeness (QED) is 0.818. The van der Waals surface area contributed by atoms with Crippen molar-refractivity contribution in [3.8, 4) is 0 Å². The van der Waals surface area contributed by atoms with Gasteiger partial charge < -0.3 is 10.6 Å². The third kappa shape index (κ3) is 3.45. The Morgan fingerprint density at radius 2 is 1.85 bits per heavy atom. The maximum absolute atomic E-state index is 13.0. The summed E-state index contributed by atoms with van der Waals surface area (Å²) in [6.07, 6.45) is 3.33. The standard InChI is InChI=1S/C22H28N2OS/c1-15(2)16-5-7-17(8-6-16)20(19-4-3-13-26-19)24-21(25)18-14-22(18)9-11-23-12-10-22/h3-8,13,15,18,20,23H,9-12,14H2,1-2H3,(H,24,25). The minimum absolute atomic E-state index is 0.0388. The van der Waals surface area contributed by atoms with Crippen LogP contribution in [0.1, 0.15) is 61.1 Å². The number of carbonyl (C=O) groups excluding carboxylic acids is 1. The van der Waals surface area contributed by atoms with Gasteiger partial charge in [0, 0.05) is 10.8 Å². The molecule has 2 fully saturated rings. The first kappa shape index (κ1) is 17.7. The van der Waals surface area contributed by atoms with E-state index in [2.05, 4.69) is 66.3 Å². The maximum Gasteiger partial charge on any atom is 0.224 e.